The molecular weight excluding hydrogens is 222 g/mol. The van der Waals surface area contributed by atoms with E-state index in [1.807, 2.05) is 13.8 Å². The molecule has 1 aliphatic heterocycles. The van der Waals surface area contributed by atoms with Crippen LogP contribution in [-0.4, -0.2) is 38.8 Å². The molecule has 0 saturated carbocycles. The van der Waals surface area contributed by atoms with Crippen LogP contribution in [0.25, 0.3) is 10.4 Å². The minimum atomic E-state index is -0.428. The second kappa shape index (κ2) is 7.50. The lowest BCUT2D eigenvalue weighted by molar-refractivity contribution is -0.262. The van der Waals surface area contributed by atoms with Crippen LogP contribution < -0.4 is 0 Å². The molecule has 0 aromatic heterocycles. The zero-order chi connectivity index (χ0) is 12.6. The Labute approximate surface area is 102 Å². The summed E-state index contributed by atoms with van der Waals surface area (Å²) >= 11 is 0. The average molecular weight is 243 g/mol. The molecule has 0 radical (unpaired) electrons. The van der Waals surface area contributed by atoms with Crippen LogP contribution in [0, 0.1) is 5.92 Å². The highest BCUT2D eigenvalue weighted by Crippen LogP contribution is 2.22. The summed E-state index contributed by atoms with van der Waals surface area (Å²) in [5.74, 6) is 0.0335. The van der Waals surface area contributed by atoms with Gasteiger partial charge in [0.25, 0.3) is 0 Å². The first-order chi connectivity index (χ1) is 8.14. The molecule has 6 heteroatoms. The van der Waals surface area contributed by atoms with E-state index in [0.29, 0.717) is 25.7 Å². The Morgan fingerprint density at radius 3 is 2.71 bits per heavy atom. The predicted octanol–water partition coefficient (Wildman–Crippen LogP) is 2.49. The Kier molecular flexibility index (Phi) is 6.29. The van der Waals surface area contributed by atoms with Crippen LogP contribution in [-0.2, 0) is 14.2 Å². The predicted molar refractivity (Wildman–Crippen MR) is 63.5 cm³/mol. The fraction of sp³-hybridized carbons (Fsp3) is 1.00. The molecule has 98 valence electrons. The molecule has 0 aliphatic carbocycles. The highest BCUT2D eigenvalue weighted by molar-refractivity contribution is 4.67. The Morgan fingerprint density at radius 2 is 2.06 bits per heavy atom. The second-order valence-electron chi connectivity index (χ2n) is 4.60. The minimum absolute atomic E-state index is 0.403. The standard InChI is InChI=1S/C11H21N3O3/c1-11(2)16-8-10(9-17-11)4-3-6-15-7-5-13-14-12/h10H,3-9H2,1-2H3. The van der Waals surface area contributed by atoms with Crippen LogP contribution in [0.1, 0.15) is 26.7 Å². The summed E-state index contributed by atoms with van der Waals surface area (Å²) in [6, 6.07) is 0. The third-order valence-corrected chi connectivity index (χ3v) is 2.63. The summed E-state index contributed by atoms with van der Waals surface area (Å²) in [7, 11) is 0. The molecule has 0 aromatic carbocycles. The highest BCUT2D eigenvalue weighted by atomic mass is 16.7. The fourth-order valence-electron chi connectivity index (χ4n) is 1.62. The van der Waals surface area contributed by atoms with Gasteiger partial charge in [0.1, 0.15) is 0 Å². The first-order valence-corrected chi connectivity index (χ1v) is 6.00. The maximum Gasteiger partial charge on any atom is 0.162 e. The minimum Gasteiger partial charge on any atom is -0.381 e. The summed E-state index contributed by atoms with van der Waals surface area (Å²) < 4.78 is 16.5. The van der Waals surface area contributed by atoms with Gasteiger partial charge in [-0.2, -0.15) is 0 Å². The molecule has 1 saturated heterocycles. The maximum atomic E-state index is 8.06. The third-order valence-electron chi connectivity index (χ3n) is 2.63. The zero-order valence-electron chi connectivity index (χ0n) is 10.6. The van der Waals surface area contributed by atoms with Gasteiger partial charge in [0.05, 0.1) is 19.8 Å². The van der Waals surface area contributed by atoms with Crippen molar-refractivity contribution in [2.45, 2.75) is 32.5 Å². The lowest BCUT2D eigenvalue weighted by Crippen LogP contribution is -2.39. The van der Waals surface area contributed by atoms with Gasteiger partial charge < -0.3 is 14.2 Å². The Bertz CT molecular complexity index is 255. The van der Waals surface area contributed by atoms with Gasteiger partial charge in [-0.15, -0.1) is 0 Å². The van der Waals surface area contributed by atoms with Crippen molar-refractivity contribution < 1.29 is 14.2 Å². The summed E-state index contributed by atoms with van der Waals surface area (Å²) in [5, 5.41) is 3.39. The van der Waals surface area contributed by atoms with Crippen LogP contribution in [0.2, 0.25) is 0 Å². The van der Waals surface area contributed by atoms with Crippen molar-refractivity contribution in [2.75, 3.05) is 33.0 Å². The van der Waals surface area contributed by atoms with Crippen LogP contribution in [0.15, 0.2) is 5.11 Å². The van der Waals surface area contributed by atoms with Gasteiger partial charge in [0, 0.05) is 24.0 Å². The number of hydrogen-bond acceptors (Lipinski definition) is 4. The van der Waals surface area contributed by atoms with Gasteiger partial charge in [0.15, 0.2) is 5.79 Å². The van der Waals surface area contributed by atoms with E-state index in [9.17, 15) is 0 Å². The van der Waals surface area contributed by atoms with Crippen molar-refractivity contribution in [1.29, 1.82) is 0 Å². The normalized spacial score (nSPS) is 19.9. The first-order valence-electron chi connectivity index (χ1n) is 6.00. The summed E-state index contributed by atoms with van der Waals surface area (Å²) in [6.07, 6.45) is 2.02. The van der Waals surface area contributed by atoms with E-state index in [1.54, 1.807) is 0 Å². The van der Waals surface area contributed by atoms with Crippen LogP contribution in [0.3, 0.4) is 0 Å². The van der Waals surface area contributed by atoms with Crippen molar-refractivity contribution in [1.82, 2.24) is 0 Å². The van der Waals surface area contributed by atoms with Gasteiger partial charge in [-0.3, -0.25) is 0 Å². The molecule has 17 heavy (non-hydrogen) atoms. The third kappa shape index (κ3) is 6.48. The summed E-state index contributed by atoms with van der Waals surface area (Å²) in [4.78, 5) is 2.65. The maximum absolute atomic E-state index is 8.06. The van der Waals surface area contributed by atoms with E-state index in [-0.39, 0.29) is 0 Å². The molecule has 1 heterocycles. The van der Waals surface area contributed by atoms with Crippen LogP contribution in [0.5, 0.6) is 0 Å². The monoisotopic (exact) mass is 243 g/mol. The lowest BCUT2D eigenvalue weighted by Gasteiger charge is -2.34. The SMILES string of the molecule is CC1(C)OCC(CCCOCCN=[N+]=[N-])CO1. The van der Waals surface area contributed by atoms with E-state index in [1.165, 1.54) is 0 Å². The molecule has 0 spiro atoms. The molecule has 1 fully saturated rings. The molecular formula is C11H21N3O3. The number of hydrogen-bond donors (Lipinski definition) is 0. The molecule has 0 unspecified atom stereocenters. The quantitative estimate of drug-likeness (QED) is 0.298. The van der Waals surface area contributed by atoms with Gasteiger partial charge in [-0.05, 0) is 32.2 Å². The van der Waals surface area contributed by atoms with E-state index in [2.05, 4.69) is 10.0 Å². The fourth-order valence-corrected chi connectivity index (χ4v) is 1.62. The molecule has 0 aromatic rings. The Hall–Kier alpha value is -0.810. The van der Waals surface area contributed by atoms with E-state index in [0.717, 1.165) is 26.1 Å². The van der Waals surface area contributed by atoms with Gasteiger partial charge in [-0.25, -0.2) is 0 Å². The van der Waals surface area contributed by atoms with Gasteiger partial charge in [-0.1, -0.05) is 5.11 Å². The second-order valence-corrected chi connectivity index (χ2v) is 4.60. The molecule has 0 atom stereocenters. The lowest BCUT2D eigenvalue weighted by atomic mass is 10.0. The Balaban J connectivity index is 1.95. The molecule has 0 N–H and O–H groups in total. The largest absolute Gasteiger partial charge is 0.381 e. The van der Waals surface area contributed by atoms with Gasteiger partial charge in [0.2, 0.25) is 0 Å². The van der Waals surface area contributed by atoms with Crippen molar-refractivity contribution in [3.05, 3.63) is 10.4 Å². The number of azide groups is 1. The summed E-state index contributed by atoms with van der Waals surface area (Å²) in [6.45, 7) is 6.97. The van der Waals surface area contributed by atoms with Crippen molar-refractivity contribution in [3.63, 3.8) is 0 Å². The Morgan fingerprint density at radius 1 is 1.35 bits per heavy atom. The van der Waals surface area contributed by atoms with Crippen molar-refractivity contribution in [2.24, 2.45) is 11.0 Å². The molecule has 1 rings (SSSR count). The average Bonchev–Trinajstić information content (AvgIpc) is 2.30. The van der Waals surface area contributed by atoms with E-state index in [4.69, 9.17) is 19.7 Å². The molecule has 0 amide bonds. The van der Waals surface area contributed by atoms with Crippen molar-refractivity contribution in [3.8, 4) is 0 Å². The van der Waals surface area contributed by atoms with Gasteiger partial charge >= 0.3 is 0 Å². The number of rotatable bonds is 7. The summed E-state index contributed by atoms with van der Waals surface area (Å²) in [5.41, 5.74) is 8.06. The van der Waals surface area contributed by atoms with Crippen LogP contribution in [0.4, 0.5) is 0 Å². The highest BCUT2D eigenvalue weighted by Gasteiger charge is 2.27. The molecule has 1 aliphatic rings. The first kappa shape index (κ1) is 14.3. The van der Waals surface area contributed by atoms with Crippen molar-refractivity contribution >= 4 is 0 Å². The number of nitrogens with zero attached hydrogens (tertiary/aromatic N) is 3. The molecule has 6 nitrogen and oxygen atoms in total. The zero-order valence-corrected chi connectivity index (χ0v) is 10.6. The van der Waals surface area contributed by atoms with E-state index >= 15 is 0 Å². The van der Waals surface area contributed by atoms with Crippen LogP contribution >= 0.6 is 0 Å². The topological polar surface area (TPSA) is 76.5 Å². The smallest absolute Gasteiger partial charge is 0.162 e. The molecule has 0 bridgehead atoms. The number of ether oxygens (including phenoxy) is 3. The van der Waals surface area contributed by atoms with E-state index < -0.39 is 5.79 Å².